The molecule has 0 saturated carbocycles. The molecule has 1 aromatic carbocycles. The van der Waals surface area contributed by atoms with Crippen molar-refractivity contribution in [2.24, 2.45) is 0 Å². The molecule has 154 valence electrons. The summed E-state index contributed by atoms with van der Waals surface area (Å²) in [6.07, 6.45) is 1.05. The number of tetrazole rings is 1. The third-order valence-corrected chi connectivity index (χ3v) is 5.34. The summed E-state index contributed by atoms with van der Waals surface area (Å²) in [5.74, 6) is 0.487. The molecule has 11 nitrogen and oxygen atoms in total. The molecule has 28 heavy (non-hydrogen) atoms. The third kappa shape index (κ3) is 4.76. The van der Waals surface area contributed by atoms with Crippen molar-refractivity contribution in [2.45, 2.75) is 24.8 Å². The maximum Gasteiger partial charge on any atom is 0.244 e. The average molecular weight is 413 g/mol. The van der Waals surface area contributed by atoms with E-state index in [1.54, 1.807) is 19.9 Å². The lowest BCUT2D eigenvalue weighted by Gasteiger charge is -2.23. The number of sulfonamides is 1. The van der Waals surface area contributed by atoms with Gasteiger partial charge in [-0.25, -0.2) is 13.1 Å². The second-order valence-electron chi connectivity index (χ2n) is 5.81. The van der Waals surface area contributed by atoms with Gasteiger partial charge in [-0.15, -0.1) is 5.10 Å². The van der Waals surface area contributed by atoms with Crippen molar-refractivity contribution in [1.29, 1.82) is 0 Å². The molecule has 1 fully saturated rings. The van der Waals surface area contributed by atoms with Crippen LogP contribution in [0.3, 0.4) is 0 Å². The van der Waals surface area contributed by atoms with Gasteiger partial charge in [-0.2, -0.15) is 4.68 Å². The molecule has 1 N–H and O–H groups in total. The molecule has 0 aliphatic carbocycles. The van der Waals surface area contributed by atoms with Gasteiger partial charge in [-0.1, -0.05) is 0 Å². The molecule has 1 unspecified atom stereocenters. The van der Waals surface area contributed by atoms with Crippen LogP contribution in [0.25, 0.3) is 5.69 Å². The van der Waals surface area contributed by atoms with E-state index >= 15 is 0 Å². The molecule has 3 rings (SSSR count). The third-order valence-electron chi connectivity index (χ3n) is 3.90. The zero-order valence-corrected chi connectivity index (χ0v) is 16.5. The van der Waals surface area contributed by atoms with Crippen molar-refractivity contribution in [1.82, 2.24) is 24.9 Å². The zero-order chi connectivity index (χ0) is 20.0. The fourth-order valence-corrected chi connectivity index (χ4v) is 3.87. The summed E-state index contributed by atoms with van der Waals surface area (Å²) in [5.41, 5.74) is 0.471. The minimum absolute atomic E-state index is 0.0358. The maximum atomic E-state index is 12.9. The van der Waals surface area contributed by atoms with Gasteiger partial charge in [0.05, 0.1) is 39.1 Å². The molecule has 0 bridgehead atoms. The zero-order valence-electron chi connectivity index (χ0n) is 15.7. The van der Waals surface area contributed by atoms with E-state index < -0.39 is 10.0 Å². The van der Waals surface area contributed by atoms with Gasteiger partial charge in [0.2, 0.25) is 10.0 Å². The van der Waals surface area contributed by atoms with Crippen LogP contribution in [0.2, 0.25) is 0 Å². The lowest BCUT2D eigenvalue weighted by molar-refractivity contribution is -0.0846. The Kier molecular flexibility index (Phi) is 6.78. The standard InChI is InChI=1S/C16H23N5O6S/c1-3-25-14-8-16(28(22,23)18-9-12-10-24-5-6-27-12)15(26-4-2)7-13(14)21-11-17-19-20-21/h7-8,11-12,18H,3-6,9-10H2,1-2H3. The first kappa shape index (κ1) is 20.5. The summed E-state index contributed by atoms with van der Waals surface area (Å²) in [6, 6.07) is 2.95. The SMILES string of the molecule is CCOc1cc(S(=O)(=O)NCC2COCCO2)c(OCC)cc1-n1cnnn1. The van der Waals surface area contributed by atoms with Crippen molar-refractivity contribution in [3.8, 4) is 17.2 Å². The molecular weight excluding hydrogens is 390 g/mol. The van der Waals surface area contributed by atoms with Gasteiger partial charge in [0.1, 0.15) is 28.4 Å². The highest BCUT2D eigenvalue weighted by Crippen LogP contribution is 2.34. The fraction of sp³-hybridized carbons (Fsp3) is 0.562. The Morgan fingerprint density at radius 3 is 2.64 bits per heavy atom. The van der Waals surface area contributed by atoms with E-state index in [9.17, 15) is 8.42 Å². The molecular formula is C16H23N5O6S. The molecule has 1 aliphatic rings. The van der Waals surface area contributed by atoms with E-state index in [1.807, 2.05) is 0 Å². The number of nitrogens with zero attached hydrogens (tertiary/aromatic N) is 4. The number of nitrogens with one attached hydrogen (secondary N) is 1. The smallest absolute Gasteiger partial charge is 0.244 e. The van der Waals surface area contributed by atoms with Crippen LogP contribution in [-0.2, 0) is 19.5 Å². The van der Waals surface area contributed by atoms with Crippen molar-refractivity contribution in [3.05, 3.63) is 18.5 Å². The van der Waals surface area contributed by atoms with Crippen LogP contribution in [0, 0.1) is 0 Å². The van der Waals surface area contributed by atoms with Crippen molar-refractivity contribution >= 4 is 10.0 Å². The molecule has 0 radical (unpaired) electrons. The van der Waals surface area contributed by atoms with Crippen molar-refractivity contribution < 1.29 is 27.4 Å². The molecule has 0 amide bonds. The number of aromatic nitrogens is 4. The first-order valence-electron chi connectivity index (χ1n) is 8.91. The van der Waals surface area contributed by atoms with Crippen LogP contribution in [0.15, 0.2) is 23.4 Å². The van der Waals surface area contributed by atoms with Crippen LogP contribution >= 0.6 is 0 Å². The van der Waals surface area contributed by atoms with Crippen LogP contribution < -0.4 is 14.2 Å². The number of ether oxygens (including phenoxy) is 4. The summed E-state index contributed by atoms with van der Waals surface area (Å²) < 4.78 is 51.8. The van der Waals surface area contributed by atoms with Gasteiger partial charge in [0.15, 0.2) is 0 Å². The van der Waals surface area contributed by atoms with Crippen LogP contribution in [-0.4, -0.2) is 74.3 Å². The van der Waals surface area contributed by atoms with Crippen LogP contribution in [0.1, 0.15) is 13.8 Å². The second kappa shape index (κ2) is 9.28. The molecule has 2 aromatic rings. The number of hydrogen-bond donors (Lipinski definition) is 1. The largest absolute Gasteiger partial charge is 0.492 e. The highest BCUT2D eigenvalue weighted by Gasteiger charge is 2.26. The Morgan fingerprint density at radius 1 is 1.21 bits per heavy atom. The Hall–Kier alpha value is -2.28. The predicted molar refractivity (Wildman–Crippen MR) is 97.2 cm³/mol. The monoisotopic (exact) mass is 413 g/mol. The molecule has 2 heterocycles. The fourth-order valence-electron chi connectivity index (χ4n) is 2.67. The van der Waals surface area contributed by atoms with E-state index in [-0.39, 0.29) is 29.9 Å². The van der Waals surface area contributed by atoms with Gasteiger partial charge in [0.25, 0.3) is 0 Å². The topological polar surface area (TPSA) is 127 Å². The van der Waals surface area contributed by atoms with Gasteiger partial charge in [-0.05, 0) is 24.3 Å². The summed E-state index contributed by atoms with van der Waals surface area (Å²) in [4.78, 5) is -0.0358. The summed E-state index contributed by atoms with van der Waals surface area (Å²) in [6.45, 7) is 5.56. The highest BCUT2D eigenvalue weighted by molar-refractivity contribution is 7.89. The molecule has 1 aliphatic heterocycles. The molecule has 0 spiro atoms. The number of benzene rings is 1. The molecule has 12 heteroatoms. The highest BCUT2D eigenvalue weighted by atomic mass is 32.2. The van der Waals surface area contributed by atoms with E-state index in [0.717, 1.165) is 0 Å². The summed E-state index contributed by atoms with van der Waals surface area (Å²) in [7, 11) is -3.89. The van der Waals surface area contributed by atoms with E-state index in [1.165, 1.54) is 17.1 Å². The first-order chi connectivity index (χ1) is 13.5. The average Bonchev–Trinajstić information content (AvgIpc) is 3.23. The van der Waals surface area contributed by atoms with E-state index in [4.69, 9.17) is 18.9 Å². The second-order valence-corrected chi connectivity index (χ2v) is 7.54. The van der Waals surface area contributed by atoms with E-state index in [2.05, 4.69) is 20.2 Å². The Labute approximate surface area is 163 Å². The lowest BCUT2D eigenvalue weighted by atomic mass is 10.2. The minimum atomic E-state index is -3.89. The van der Waals surface area contributed by atoms with Crippen molar-refractivity contribution in [2.75, 3.05) is 39.6 Å². The van der Waals surface area contributed by atoms with Gasteiger partial charge >= 0.3 is 0 Å². The summed E-state index contributed by atoms with van der Waals surface area (Å²) in [5, 5.41) is 11.1. The number of hydrogen-bond acceptors (Lipinski definition) is 9. The van der Waals surface area contributed by atoms with Crippen molar-refractivity contribution in [3.63, 3.8) is 0 Å². The van der Waals surface area contributed by atoms with Crippen LogP contribution in [0.4, 0.5) is 0 Å². The van der Waals surface area contributed by atoms with Gasteiger partial charge in [0, 0.05) is 18.7 Å². The molecule has 1 atom stereocenters. The first-order valence-corrected chi connectivity index (χ1v) is 10.4. The van der Waals surface area contributed by atoms with Gasteiger partial charge in [-0.3, -0.25) is 0 Å². The predicted octanol–water partition coefficient (Wildman–Crippen LogP) is 0.153. The lowest BCUT2D eigenvalue weighted by Crippen LogP contribution is -2.39. The Morgan fingerprint density at radius 2 is 2.00 bits per heavy atom. The quantitative estimate of drug-likeness (QED) is 0.611. The minimum Gasteiger partial charge on any atom is -0.492 e. The van der Waals surface area contributed by atoms with E-state index in [0.29, 0.717) is 37.9 Å². The molecule has 1 aromatic heterocycles. The van der Waals surface area contributed by atoms with Crippen LogP contribution in [0.5, 0.6) is 11.5 Å². The maximum absolute atomic E-state index is 12.9. The number of rotatable bonds is 9. The Balaban J connectivity index is 1.94. The normalized spacial score (nSPS) is 17.4. The Bertz CT molecular complexity index is 868. The van der Waals surface area contributed by atoms with Gasteiger partial charge < -0.3 is 18.9 Å². The molecule has 1 saturated heterocycles. The summed E-state index contributed by atoms with van der Waals surface area (Å²) >= 11 is 0.